The zero-order valence-corrected chi connectivity index (χ0v) is 15.2. The van der Waals surface area contributed by atoms with E-state index in [1.165, 1.54) is 30.6 Å². The van der Waals surface area contributed by atoms with Crippen molar-refractivity contribution in [3.8, 4) is 5.69 Å². The molecule has 0 aliphatic carbocycles. The highest BCUT2D eigenvalue weighted by molar-refractivity contribution is 7.99. The quantitative estimate of drug-likeness (QED) is 0.592. The van der Waals surface area contributed by atoms with E-state index in [0.29, 0.717) is 22.3 Å². The van der Waals surface area contributed by atoms with Gasteiger partial charge in [-0.2, -0.15) is 13.9 Å². The zero-order chi connectivity index (χ0) is 19.9. The molecule has 2 N–H and O–H groups in total. The molecule has 0 radical (unpaired) electrons. The number of anilines is 1. The molecule has 0 unspecified atom stereocenters. The summed E-state index contributed by atoms with van der Waals surface area (Å²) in [5, 5.41) is 9.16. The fourth-order valence-electron chi connectivity index (χ4n) is 2.29. The molecule has 2 amide bonds. The van der Waals surface area contributed by atoms with E-state index < -0.39 is 17.6 Å². The van der Waals surface area contributed by atoms with Gasteiger partial charge in [-0.1, -0.05) is 11.8 Å². The van der Waals surface area contributed by atoms with Gasteiger partial charge in [0.2, 0.25) is 5.91 Å². The molecule has 7 nitrogen and oxygen atoms in total. The van der Waals surface area contributed by atoms with Crippen LogP contribution in [0.5, 0.6) is 0 Å². The van der Waals surface area contributed by atoms with Gasteiger partial charge in [-0.25, -0.2) is 9.67 Å². The van der Waals surface area contributed by atoms with Crippen LogP contribution < -0.4 is 10.6 Å². The molecular formula is C18H15F2N5O2S. The van der Waals surface area contributed by atoms with Gasteiger partial charge in [-0.15, -0.1) is 0 Å². The van der Waals surface area contributed by atoms with Crippen molar-refractivity contribution in [1.29, 1.82) is 0 Å². The van der Waals surface area contributed by atoms with Gasteiger partial charge in [0.05, 0.1) is 12.2 Å². The Morgan fingerprint density at radius 1 is 1.07 bits per heavy atom. The minimum atomic E-state index is -2.52. The molecule has 0 aliphatic rings. The summed E-state index contributed by atoms with van der Waals surface area (Å²) < 4.78 is 26.2. The fourth-order valence-corrected chi connectivity index (χ4v) is 2.79. The monoisotopic (exact) mass is 403 g/mol. The normalized spacial score (nSPS) is 10.7. The van der Waals surface area contributed by atoms with Gasteiger partial charge in [0.25, 0.3) is 11.7 Å². The van der Waals surface area contributed by atoms with E-state index in [0.717, 1.165) is 5.69 Å². The molecule has 0 spiro atoms. The predicted molar refractivity (Wildman–Crippen MR) is 101 cm³/mol. The molecule has 0 aliphatic heterocycles. The molecule has 0 saturated heterocycles. The molecule has 1 heterocycles. The molecule has 0 saturated carbocycles. The number of aromatic nitrogens is 3. The Bertz CT molecular complexity index is 932. The second kappa shape index (κ2) is 9.09. The van der Waals surface area contributed by atoms with Gasteiger partial charge in [-0.05, 0) is 48.5 Å². The van der Waals surface area contributed by atoms with Crippen molar-refractivity contribution in [1.82, 2.24) is 20.1 Å². The maximum atomic E-state index is 12.3. The van der Waals surface area contributed by atoms with Crippen molar-refractivity contribution in [2.75, 3.05) is 11.9 Å². The third-order valence-corrected chi connectivity index (χ3v) is 4.31. The molecule has 0 bridgehead atoms. The average Bonchev–Trinajstić information content (AvgIpc) is 3.21. The molecule has 0 fully saturated rings. The topological polar surface area (TPSA) is 88.9 Å². The van der Waals surface area contributed by atoms with E-state index in [1.807, 2.05) is 0 Å². The summed E-state index contributed by atoms with van der Waals surface area (Å²) in [7, 11) is 0. The minimum Gasteiger partial charge on any atom is -0.343 e. The largest absolute Gasteiger partial charge is 0.343 e. The van der Waals surface area contributed by atoms with E-state index in [9.17, 15) is 18.4 Å². The van der Waals surface area contributed by atoms with Crippen molar-refractivity contribution in [2.45, 2.75) is 10.7 Å². The number of nitrogens with zero attached hydrogens (tertiary/aromatic N) is 3. The lowest BCUT2D eigenvalue weighted by Gasteiger charge is -2.08. The van der Waals surface area contributed by atoms with E-state index in [1.54, 1.807) is 35.3 Å². The number of hydrogen-bond donors (Lipinski definition) is 2. The second-order valence-electron chi connectivity index (χ2n) is 5.52. The molecule has 1 aromatic heterocycles. The number of nitrogens with one attached hydrogen (secondary N) is 2. The lowest BCUT2D eigenvalue weighted by atomic mass is 10.2. The Morgan fingerprint density at radius 2 is 1.79 bits per heavy atom. The number of benzene rings is 2. The molecule has 2 aromatic carbocycles. The van der Waals surface area contributed by atoms with Crippen molar-refractivity contribution in [3.63, 3.8) is 0 Å². The van der Waals surface area contributed by atoms with Gasteiger partial charge in [0.15, 0.2) is 0 Å². The second-order valence-corrected chi connectivity index (χ2v) is 6.58. The zero-order valence-electron chi connectivity index (χ0n) is 14.4. The molecular weight excluding hydrogens is 388 g/mol. The number of carbonyl (C=O) groups excluding carboxylic acids is 2. The Balaban J connectivity index is 1.49. The van der Waals surface area contributed by atoms with Crippen LogP contribution in [0, 0.1) is 0 Å². The fraction of sp³-hybridized carbons (Fsp3) is 0.111. The minimum absolute atomic E-state index is 0.225. The number of hydrogen-bond acceptors (Lipinski definition) is 5. The van der Waals surface area contributed by atoms with E-state index in [-0.39, 0.29) is 12.1 Å². The number of carbonyl (C=O) groups is 2. The predicted octanol–water partition coefficient (Wildman–Crippen LogP) is 2.95. The summed E-state index contributed by atoms with van der Waals surface area (Å²) in [5.41, 5.74) is 1.64. The molecule has 28 heavy (non-hydrogen) atoms. The maximum Gasteiger partial charge on any atom is 0.288 e. The third-order valence-electron chi connectivity index (χ3n) is 3.59. The van der Waals surface area contributed by atoms with E-state index in [4.69, 9.17) is 0 Å². The summed E-state index contributed by atoms with van der Waals surface area (Å²) in [6.07, 6.45) is 2.98. The van der Waals surface area contributed by atoms with Crippen LogP contribution >= 0.6 is 11.8 Å². The van der Waals surface area contributed by atoms with Gasteiger partial charge in [-0.3, -0.25) is 9.59 Å². The Morgan fingerprint density at radius 3 is 2.39 bits per heavy atom. The first kappa shape index (κ1) is 19.5. The Hall–Kier alpha value is -3.27. The molecule has 0 atom stereocenters. The van der Waals surface area contributed by atoms with Crippen molar-refractivity contribution in [3.05, 3.63) is 66.7 Å². The van der Waals surface area contributed by atoms with Crippen LogP contribution in [0.25, 0.3) is 5.69 Å². The van der Waals surface area contributed by atoms with Gasteiger partial charge in [0, 0.05) is 16.1 Å². The lowest BCUT2D eigenvalue weighted by molar-refractivity contribution is -0.115. The van der Waals surface area contributed by atoms with Crippen molar-refractivity contribution >= 4 is 29.3 Å². The number of thioether (sulfide) groups is 1. The van der Waals surface area contributed by atoms with Gasteiger partial charge < -0.3 is 10.6 Å². The summed E-state index contributed by atoms with van der Waals surface area (Å²) in [5.74, 6) is -3.38. The van der Waals surface area contributed by atoms with Crippen LogP contribution in [0.1, 0.15) is 10.4 Å². The van der Waals surface area contributed by atoms with Crippen molar-refractivity contribution < 1.29 is 18.4 Å². The van der Waals surface area contributed by atoms with Crippen LogP contribution in [0.3, 0.4) is 0 Å². The first-order valence-electron chi connectivity index (χ1n) is 8.09. The highest BCUT2D eigenvalue weighted by Gasteiger charge is 2.10. The Labute approximate surface area is 163 Å². The first-order chi connectivity index (χ1) is 13.5. The Kier molecular flexibility index (Phi) is 6.33. The standard InChI is InChI=1S/C18H15F2N5O2S/c19-18(20)28-15-7-1-12(2-8-15)17(27)22-9-16(26)24-13-3-5-14(6-4-13)25-11-21-10-23-25/h1-8,10-11,18H,9H2,(H,22,27)(H,24,26). The third kappa shape index (κ3) is 5.36. The lowest BCUT2D eigenvalue weighted by Crippen LogP contribution is -2.32. The van der Waals surface area contributed by atoms with Crippen LogP contribution in [0.2, 0.25) is 0 Å². The molecule has 3 rings (SSSR count). The number of rotatable bonds is 7. The molecule has 10 heteroatoms. The highest BCUT2D eigenvalue weighted by Crippen LogP contribution is 2.25. The van der Waals surface area contributed by atoms with Gasteiger partial charge in [0.1, 0.15) is 12.7 Å². The van der Waals surface area contributed by atoms with Crippen LogP contribution in [-0.4, -0.2) is 38.9 Å². The molecule has 3 aromatic rings. The highest BCUT2D eigenvalue weighted by atomic mass is 32.2. The van der Waals surface area contributed by atoms with Crippen LogP contribution in [0.15, 0.2) is 66.1 Å². The van der Waals surface area contributed by atoms with E-state index >= 15 is 0 Å². The summed E-state index contributed by atoms with van der Waals surface area (Å²) in [6.45, 7) is -0.225. The van der Waals surface area contributed by atoms with Gasteiger partial charge >= 0.3 is 0 Å². The maximum absolute atomic E-state index is 12.3. The summed E-state index contributed by atoms with van der Waals surface area (Å²) in [6, 6.07) is 12.7. The summed E-state index contributed by atoms with van der Waals surface area (Å²) >= 11 is 0.400. The van der Waals surface area contributed by atoms with Crippen LogP contribution in [-0.2, 0) is 4.79 Å². The van der Waals surface area contributed by atoms with Crippen LogP contribution in [0.4, 0.5) is 14.5 Å². The SMILES string of the molecule is O=C(CNC(=O)c1ccc(SC(F)F)cc1)Nc1ccc(-n2cncn2)cc1. The number of halogens is 2. The number of alkyl halides is 2. The molecule has 144 valence electrons. The smallest absolute Gasteiger partial charge is 0.288 e. The van der Waals surface area contributed by atoms with E-state index in [2.05, 4.69) is 20.7 Å². The average molecular weight is 403 g/mol. The van der Waals surface area contributed by atoms with Crippen molar-refractivity contribution in [2.24, 2.45) is 0 Å². The number of amides is 2. The summed E-state index contributed by atoms with van der Waals surface area (Å²) in [4.78, 5) is 28.3. The first-order valence-corrected chi connectivity index (χ1v) is 8.97.